The number of rotatable bonds is 8. The third-order valence-corrected chi connectivity index (χ3v) is 5.09. The number of carbonyl (C=O) groups is 1. The van der Waals surface area contributed by atoms with Crippen LogP contribution in [0.15, 0.2) is 16.5 Å². The lowest BCUT2D eigenvalue weighted by Gasteiger charge is -2.09. The van der Waals surface area contributed by atoms with E-state index in [0.29, 0.717) is 30.2 Å². The smallest absolute Gasteiger partial charge is 0.286 e. The predicted molar refractivity (Wildman–Crippen MR) is 103 cm³/mol. The van der Waals surface area contributed by atoms with E-state index in [1.165, 1.54) is 12.1 Å². The number of benzene rings is 1. The summed E-state index contributed by atoms with van der Waals surface area (Å²) < 4.78 is 78.4. The molecule has 1 amide bonds. The summed E-state index contributed by atoms with van der Waals surface area (Å²) in [6, 6.07) is 2.56. The van der Waals surface area contributed by atoms with Gasteiger partial charge in [0.1, 0.15) is 12.4 Å². The van der Waals surface area contributed by atoms with Gasteiger partial charge in [0, 0.05) is 13.1 Å². The number of amides is 1. The van der Waals surface area contributed by atoms with Crippen molar-refractivity contribution in [3.63, 3.8) is 0 Å². The summed E-state index contributed by atoms with van der Waals surface area (Å²) in [6.07, 6.45) is 0.557. The van der Waals surface area contributed by atoms with Crippen molar-refractivity contribution in [2.45, 2.75) is 33.4 Å². The number of halogens is 6. The van der Waals surface area contributed by atoms with Gasteiger partial charge in [0.05, 0.1) is 16.4 Å². The minimum Gasteiger partial charge on any atom is -0.479 e. The molecule has 0 atom stereocenters. The standard InChI is InChI=1S/C20H17ClF5N3O3/c1-9-13(21)10(2)29(28-9)7-3-6-27-20(30)12-5-4-11(32-12)8-31-19-17(25)15(23)14(22)16(24)18(19)26/h4-5H,3,6-8H2,1-2H3,(H,27,30). The molecule has 6 nitrogen and oxygen atoms in total. The van der Waals surface area contributed by atoms with Crippen LogP contribution in [0, 0.1) is 42.9 Å². The summed E-state index contributed by atoms with van der Waals surface area (Å²) in [6.45, 7) is 3.78. The molecule has 0 bridgehead atoms. The van der Waals surface area contributed by atoms with E-state index in [-0.39, 0.29) is 11.5 Å². The Morgan fingerprint density at radius 1 is 1.09 bits per heavy atom. The highest BCUT2D eigenvalue weighted by atomic mass is 35.5. The number of furan rings is 1. The Morgan fingerprint density at radius 2 is 1.72 bits per heavy atom. The van der Waals surface area contributed by atoms with Gasteiger partial charge >= 0.3 is 0 Å². The summed E-state index contributed by atoms with van der Waals surface area (Å²) in [5.74, 6) is -12.9. The van der Waals surface area contributed by atoms with Crippen LogP contribution >= 0.6 is 11.6 Å². The van der Waals surface area contributed by atoms with E-state index in [4.69, 9.17) is 20.8 Å². The molecule has 32 heavy (non-hydrogen) atoms. The van der Waals surface area contributed by atoms with Crippen molar-refractivity contribution in [2.24, 2.45) is 0 Å². The quantitative estimate of drug-likeness (QED) is 0.218. The Bertz CT molecular complexity index is 1130. The summed E-state index contributed by atoms with van der Waals surface area (Å²) in [5.41, 5.74) is 1.53. The van der Waals surface area contributed by atoms with Crippen molar-refractivity contribution < 1.29 is 35.9 Å². The maximum absolute atomic E-state index is 13.6. The Labute approximate surface area is 183 Å². The van der Waals surface area contributed by atoms with Crippen LogP contribution in [-0.4, -0.2) is 22.2 Å². The van der Waals surface area contributed by atoms with Crippen LogP contribution in [0.5, 0.6) is 5.75 Å². The Morgan fingerprint density at radius 3 is 2.31 bits per heavy atom. The third kappa shape index (κ3) is 4.72. The van der Waals surface area contributed by atoms with Gasteiger partial charge in [0.2, 0.25) is 29.1 Å². The van der Waals surface area contributed by atoms with Crippen LogP contribution in [-0.2, 0) is 13.2 Å². The van der Waals surface area contributed by atoms with Gasteiger partial charge in [-0.05, 0) is 32.4 Å². The summed E-state index contributed by atoms with van der Waals surface area (Å²) in [4.78, 5) is 12.2. The predicted octanol–water partition coefficient (Wildman–Crippen LogP) is 4.84. The number of hydrogen-bond acceptors (Lipinski definition) is 4. The van der Waals surface area contributed by atoms with Crippen LogP contribution in [0.1, 0.15) is 34.1 Å². The van der Waals surface area contributed by atoms with Gasteiger partial charge in [-0.1, -0.05) is 11.6 Å². The normalized spacial score (nSPS) is 11.1. The number of aryl methyl sites for hydroxylation is 2. The first-order valence-electron chi connectivity index (χ1n) is 9.32. The number of nitrogens with zero attached hydrogens (tertiary/aromatic N) is 2. The summed E-state index contributed by atoms with van der Waals surface area (Å²) in [7, 11) is 0. The van der Waals surface area contributed by atoms with Crippen molar-refractivity contribution in [3.8, 4) is 5.75 Å². The van der Waals surface area contributed by atoms with Crippen molar-refractivity contribution in [2.75, 3.05) is 6.54 Å². The third-order valence-electron chi connectivity index (χ3n) is 4.54. The molecule has 1 N–H and O–H groups in total. The molecule has 1 aromatic carbocycles. The molecule has 172 valence electrons. The SMILES string of the molecule is Cc1nn(CCCNC(=O)c2ccc(COc3c(F)c(F)c(F)c(F)c3F)o2)c(C)c1Cl. The molecule has 3 rings (SSSR count). The second-order valence-corrected chi connectivity index (χ2v) is 7.15. The van der Waals surface area contributed by atoms with E-state index in [0.717, 1.165) is 5.69 Å². The van der Waals surface area contributed by atoms with Gasteiger partial charge in [0.25, 0.3) is 5.91 Å². The van der Waals surface area contributed by atoms with E-state index in [2.05, 4.69) is 10.4 Å². The number of aromatic nitrogens is 2. The Kier molecular flexibility index (Phi) is 7.07. The van der Waals surface area contributed by atoms with Gasteiger partial charge in [-0.15, -0.1) is 0 Å². The molecule has 0 spiro atoms. The van der Waals surface area contributed by atoms with Gasteiger partial charge in [0.15, 0.2) is 11.5 Å². The molecule has 0 aliphatic carbocycles. The monoisotopic (exact) mass is 477 g/mol. The van der Waals surface area contributed by atoms with E-state index in [9.17, 15) is 26.7 Å². The van der Waals surface area contributed by atoms with Crippen LogP contribution in [0.2, 0.25) is 5.02 Å². The number of hydrogen-bond donors (Lipinski definition) is 1. The highest BCUT2D eigenvalue weighted by Crippen LogP contribution is 2.29. The number of nitrogens with one attached hydrogen (secondary N) is 1. The van der Waals surface area contributed by atoms with Gasteiger partial charge in [-0.25, -0.2) is 13.2 Å². The molecule has 3 aromatic rings. The Hall–Kier alpha value is -3.08. The molecule has 2 heterocycles. The first kappa shape index (κ1) is 23.6. The minimum atomic E-state index is -2.29. The first-order valence-corrected chi connectivity index (χ1v) is 9.70. The van der Waals surface area contributed by atoms with Crippen molar-refractivity contribution >= 4 is 17.5 Å². The topological polar surface area (TPSA) is 69.3 Å². The van der Waals surface area contributed by atoms with Gasteiger partial charge in [-0.2, -0.15) is 13.9 Å². The number of carbonyl (C=O) groups excluding carboxylic acids is 1. The first-order chi connectivity index (χ1) is 15.1. The van der Waals surface area contributed by atoms with Crippen molar-refractivity contribution in [3.05, 3.63) is 69.1 Å². The molecule has 0 aliphatic rings. The summed E-state index contributed by atoms with van der Waals surface area (Å²) in [5, 5.41) is 7.50. The van der Waals surface area contributed by atoms with E-state index >= 15 is 0 Å². The highest BCUT2D eigenvalue weighted by Gasteiger charge is 2.27. The second kappa shape index (κ2) is 9.60. The molecule has 0 fully saturated rings. The van der Waals surface area contributed by atoms with Crippen molar-refractivity contribution in [1.82, 2.24) is 15.1 Å². The van der Waals surface area contributed by atoms with Crippen LogP contribution in [0.4, 0.5) is 22.0 Å². The van der Waals surface area contributed by atoms with Gasteiger partial charge < -0.3 is 14.5 Å². The second-order valence-electron chi connectivity index (χ2n) is 6.77. The number of ether oxygens (including phenoxy) is 1. The average molecular weight is 478 g/mol. The molecular weight excluding hydrogens is 461 g/mol. The van der Waals surface area contributed by atoms with Crippen molar-refractivity contribution in [1.29, 1.82) is 0 Å². The van der Waals surface area contributed by atoms with Crippen LogP contribution in [0.25, 0.3) is 0 Å². The lowest BCUT2D eigenvalue weighted by Crippen LogP contribution is -2.25. The largest absolute Gasteiger partial charge is 0.479 e. The van der Waals surface area contributed by atoms with E-state index < -0.39 is 47.3 Å². The zero-order chi connectivity index (χ0) is 23.6. The highest BCUT2D eigenvalue weighted by molar-refractivity contribution is 6.31. The molecule has 12 heteroatoms. The fourth-order valence-electron chi connectivity index (χ4n) is 2.84. The molecule has 0 unspecified atom stereocenters. The summed E-state index contributed by atoms with van der Waals surface area (Å²) >= 11 is 6.08. The molecule has 0 aliphatic heterocycles. The molecule has 0 radical (unpaired) electrons. The Balaban J connectivity index is 1.53. The molecule has 0 saturated heterocycles. The van der Waals surface area contributed by atoms with E-state index in [1.807, 2.05) is 6.92 Å². The fourth-order valence-corrected chi connectivity index (χ4v) is 2.98. The lowest BCUT2D eigenvalue weighted by atomic mass is 10.2. The molecular formula is C20H17ClF5N3O3. The average Bonchev–Trinajstić information content (AvgIpc) is 3.34. The maximum atomic E-state index is 13.6. The van der Waals surface area contributed by atoms with Crippen LogP contribution in [0.3, 0.4) is 0 Å². The fraction of sp³-hybridized carbons (Fsp3) is 0.300. The maximum Gasteiger partial charge on any atom is 0.286 e. The van der Waals surface area contributed by atoms with Crippen LogP contribution < -0.4 is 10.1 Å². The zero-order valence-corrected chi connectivity index (χ0v) is 17.6. The minimum absolute atomic E-state index is 0.0589. The molecule has 2 aromatic heterocycles. The molecule has 0 saturated carbocycles. The lowest BCUT2D eigenvalue weighted by molar-refractivity contribution is 0.0920. The van der Waals surface area contributed by atoms with Gasteiger partial charge in [-0.3, -0.25) is 9.48 Å². The van der Waals surface area contributed by atoms with E-state index in [1.54, 1.807) is 11.6 Å². The zero-order valence-electron chi connectivity index (χ0n) is 16.9.